The van der Waals surface area contributed by atoms with Crippen LogP contribution in [0.15, 0.2) is 71.3 Å². The third kappa shape index (κ3) is 4.21. The minimum absolute atomic E-state index is 0.0899. The van der Waals surface area contributed by atoms with Crippen molar-refractivity contribution in [2.75, 3.05) is 0 Å². The molecule has 0 spiro atoms. The number of hydrogen-bond acceptors (Lipinski definition) is 4. The van der Waals surface area contributed by atoms with E-state index in [0.29, 0.717) is 5.56 Å². The van der Waals surface area contributed by atoms with Crippen molar-refractivity contribution in [1.29, 1.82) is 0 Å². The predicted octanol–water partition coefficient (Wildman–Crippen LogP) is 6.97. The van der Waals surface area contributed by atoms with Gasteiger partial charge in [0.15, 0.2) is 0 Å². The predicted molar refractivity (Wildman–Crippen MR) is 131 cm³/mol. The Hall–Kier alpha value is -3.66. The van der Waals surface area contributed by atoms with Crippen LogP contribution in [0.2, 0.25) is 0 Å². The summed E-state index contributed by atoms with van der Waals surface area (Å²) >= 11 is 0. The fourth-order valence-corrected chi connectivity index (χ4v) is 4.38. The molecule has 0 atom stereocenters. The number of pyridine rings is 1. The summed E-state index contributed by atoms with van der Waals surface area (Å²) < 4.78 is 11.3. The standard InChI is InChI=1S/C29H27NO3/c1-29(2,3)21-13-10-19(11-14-21)18-33-28(31)26-23-8-4-5-9-25(23)30-27-20(12-15-24(26)27)17-22-7-6-16-32-22/h4-11,13-14,16-17H,12,15,18H2,1-3H3. The van der Waals surface area contributed by atoms with Gasteiger partial charge in [-0.25, -0.2) is 9.78 Å². The second-order valence-corrected chi connectivity index (χ2v) is 9.54. The third-order valence-electron chi connectivity index (χ3n) is 6.20. The number of furan rings is 1. The molecule has 1 aliphatic rings. The minimum atomic E-state index is -0.302. The van der Waals surface area contributed by atoms with E-state index in [9.17, 15) is 4.79 Å². The average Bonchev–Trinajstić information content (AvgIpc) is 3.46. The molecule has 0 bridgehead atoms. The molecule has 5 rings (SSSR count). The van der Waals surface area contributed by atoms with Crippen LogP contribution in [0, 0.1) is 0 Å². The minimum Gasteiger partial charge on any atom is -0.465 e. The fraction of sp³-hybridized carbons (Fsp3) is 0.241. The lowest BCUT2D eigenvalue weighted by Gasteiger charge is -2.19. The highest BCUT2D eigenvalue weighted by Gasteiger charge is 2.27. The molecule has 4 heteroatoms. The second kappa shape index (κ2) is 8.36. The molecule has 0 unspecified atom stereocenters. The highest BCUT2D eigenvalue weighted by Crippen LogP contribution is 2.38. The first kappa shape index (κ1) is 21.2. The summed E-state index contributed by atoms with van der Waals surface area (Å²) in [5.74, 6) is 0.486. The monoisotopic (exact) mass is 437 g/mol. The smallest absolute Gasteiger partial charge is 0.339 e. The Kier molecular flexibility index (Phi) is 5.37. The Balaban J connectivity index is 1.47. The van der Waals surface area contributed by atoms with Gasteiger partial charge < -0.3 is 9.15 Å². The largest absolute Gasteiger partial charge is 0.465 e. The molecule has 166 valence electrons. The second-order valence-electron chi connectivity index (χ2n) is 9.54. The molecule has 2 heterocycles. The SMILES string of the molecule is CC(C)(C)c1ccc(COC(=O)c2c3c(nc4ccccc24)C(=Cc2ccco2)CC3)cc1. The van der Waals surface area contributed by atoms with Crippen molar-refractivity contribution < 1.29 is 13.9 Å². The molecule has 4 nitrogen and oxygen atoms in total. The van der Waals surface area contributed by atoms with Crippen molar-refractivity contribution in [2.24, 2.45) is 0 Å². The molecular formula is C29H27NO3. The summed E-state index contributed by atoms with van der Waals surface area (Å²) in [5.41, 5.74) is 6.65. The van der Waals surface area contributed by atoms with Crippen LogP contribution in [0.4, 0.5) is 0 Å². The van der Waals surface area contributed by atoms with E-state index in [4.69, 9.17) is 14.1 Å². The van der Waals surface area contributed by atoms with E-state index in [1.807, 2.05) is 54.6 Å². The van der Waals surface area contributed by atoms with Crippen LogP contribution in [0.1, 0.15) is 65.7 Å². The molecule has 0 N–H and O–H groups in total. The molecule has 2 aromatic carbocycles. The number of para-hydroxylation sites is 1. The van der Waals surface area contributed by atoms with E-state index in [1.54, 1.807) is 6.26 Å². The zero-order valence-corrected chi connectivity index (χ0v) is 19.2. The van der Waals surface area contributed by atoms with Crippen LogP contribution in [-0.2, 0) is 23.2 Å². The summed E-state index contributed by atoms with van der Waals surface area (Å²) in [5, 5.41) is 0.837. The Labute approximate surface area is 193 Å². The number of hydrogen-bond donors (Lipinski definition) is 0. The van der Waals surface area contributed by atoms with Crippen molar-refractivity contribution in [3.8, 4) is 0 Å². The van der Waals surface area contributed by atoms with Crippen molar-refractivity contribution >= 4 is 28.5 Å². The highest BCUT2D eigenvalue weighted by molar-refractivity contribution is 6.07. The van der Waals surface area contributed by atoms with Gasteiger partial charge in [-0.1, -0.05) is 63.2 Å². The van der Waals surface area contributed by atoms with Crippen molar-refractivity contribution in [3.63, 3.8) is 0 Å². The topological polar surface area (TPSA) is 52.3 Å². The first-order valence-electron chi connectivity index (χ1n) is 11.3. The molecule has 0 radical (unpaired) electrons. The first-order valence-corrected chi connectivity index (χ1v) is 11.3. The lowest BCUT2D eigenvalue weighted by atomic mass is 9.87. The molecule has 0 aliphatic heterocycles. The molecule has 33 heavy (non-hydrogen) atoms. The summed E-state index contributed by atoms with van der Waals surface area (Å²) in [6.07, 6.45) is 5.24. The van der Waals surface area contributed by atoms with Gasteiger partial charge in [0.1, 0.15) is 12.4 Å². The molecular weight excluding hydrogens is 410 g/mol. The van der Waals surface area contributed by atoms with Crippen molar-refractivity contribution in [3.05, 3.63) is 101 Å². The van der Waals surface area contributed by atoms with Gasteiger partial charge in [0.05, 0.1) is 23.0 Å². The van der Waals surface area contributed by atoms with E-state index in [-0.39, 0.29) is 18.0 Å². The zero-order chi connectivity index (χ0) is 23.0. The number of ether oxygens (including phenoxy) is 1. The number of benzene rings is 2. The number of allylic oxidation sites excluding steroid dienone is 1. The molecule has 0 amide bonds. The quantitative estimate of drug-likeness (QED) is 0.324. The highest BCUT2D eigenvalue weighted by atomic mass is 16.5. The van der Waals surface area contributed by atoms with Gasteiger partial charge >= 0.3 is 5.97 Å². The van der Waals surface area contributed by atoms with Gasteiger partial charge in [-0.2, -0.15) is 0 Å². The molecule has 0 saturated heterocycles. The lowest BCUT2D eigenvalue weighted by molar-refractivity contribution is 0.0474. The Bertz CT molecular complexity index is 1340. The zero-order valence-electron chi connectivity index (χ0n) is 19.2. The molecule has 0 saturated carbocycles. The molecule has 0 fully saturated rings. The molecule has 2 aromatic heterocycles. The van der Waals surface area contributed by atoms with Crippen molar-refractivity contribution in [2.45, 2.75) is 45.6 Å². The maximum Gasteiger partial charge on any atom is 0.339 e. The number of aromatic nitrogens is 1. The third-order valence-corrected chi connectivity index (χ3v) is 6.20. The van der Waals surface area contributed by atoms with Crippen LogP contribution >= 0.6 is 0 Å². The summed E-state index contributed by atoms with van der Waals surface area (Å²) in [6, 6.07) is 19.8. The van der Waals surface area contributed by atoms with E-state index >= 15 is 0 Å². The van der Waals surface area contributed by atoms with Crippen LogP contribution in [0.5, 0.6) is 0 Å². The van der Waals surface area contributed by atoms with E-state index in [0.717, 1.165) is 51.9 Å². The fourth-order valence-electron chi connectivity index (χ4n) is 4.38. The van der Waals surface area contributed by atoms with Gasteiger partial charge in [-0.05, 0) is 64.8 Å². The van der Waals surface area contributed by atoms with Crippen molar-refractivity contribution in [1.82, 2.24) is 4.98 Å². The van der Waals surface area contributed by atoms with Gasteiger partial charge in [0.2, 0.25) is 0 Å². The number of nitrogens with zero attached hydrogens (tertiary/aromatic N) is 1. The van der Waals surface area contributed by atoms with Crippen LogP contribution in [0.25, 0.3) is 22.6 Å². The van der Waals surface area contributed by atoms with Gasteiger partial charge in [0, 0.05) is 5.39 Å². The lowest BCUT2D eigenvalue weighted by Crippen LogP contribution is -2.12. The summed E-state index contributed by atoms with van der Waals surface area (Å²) in [4.78, 5) is 18.2. The Morgan fingerprint density at radius 2 is 1.82 bits per heavy atom. The maximum atomic E-state index is 13.4. The Morgan fingerprint density at radius 1 is 1.03 bits per heavy atom. The average molecular weight is 438 g/mol. The van der Waals surface area contributed by atoms with Gasteiger partial charge in [-0.3, -0.25) is 0 Å². The summed E-state index contributed by atoms with van der Waals surface area (Å²) in [6.45, 7) is 6.80. The number of esters is 1. The van der Waals surface area contributed by atoms with Gasteiger partial charge in [-0.15, -0.1) is 0 Å². The number of fused-ring (bicyclic) bond motifs is 2. The number of carbonyl (C=O) groups excluding carboxylic acids is 1. The number of carbonyl (C=O) groups is 1. The maximum absolute atomic E-state index is 13.4. The molecule has 1 aliphatic carbocycles. The summed E-state index contributed by atoms with van der Waals surface area (Å²) in [7, 11) is 0. The first-order chi connectivity index (χ1) is 15.9. The van der Waals surface area contributed by atoms with E-state index in [1.165, 1.54) is 5.56 Å². The Morgan fingerprint density at radius 3 is 2.55 bits per heavy atom. The van der Waals surface area contributed by atoms with Gasteiger partial charge in [0.25, 0.3) is 0 Å². The van der Waals surface area contributed by atoms with Crippen LogP contribution in [0.3, 0.4) is 0 Å². The van der Waals surface area contributed by atoms with E-state index < -0.39 is 0 Å². The van der Waals surface area contributed by atoms with E-state index in [2.05, 4.69) is 32.9 Å². The van der Waals surface area contributed by atoms with Crippen LogP contribution in [-0.4, -0.2) is 11.0 Å². The van der Waals surface area contributed by atoms with Crippen LogP contribution < -0.4 is 0 Å². The normalized spacial score (nSPS) is 14.6. The number of rotatable bonds is 4. The molecule has 4 aromatic rings.